The number of alkyl halides is 9. The maximum atomic E-state index is 12.5. The lowest BCUT2D eigenvalue weighted by Crippen LogP contribution is -2.63. The van der Waals surface area contributed by atoms with Crippen LogP contribution < -0.4 is 20.7 Å². The zero-order chi connectivity index (χ0) is 41.5. The summed E-state index contributed by atoms with van der Waals surface area (Å²) in [6.45, 7) is 3.89. The minimum atomic E-state index is -5.08. The highest BCUT2D eigenvalue weighted by Gasteiger charge is 2.46. The summed E-state index contributed by atoms with van der Waals surface area (Å²) in [5.74, 6) is -5.06. The summed E-state index contributed by atoms with van der Waals surface area (Å²) in [4.78, 5) is 24.6. The van der Waals surface area contributed by atoms with Gasteiger partial charge < -0.3 is 35.3 Å². The maximum Gasteiger partial charge on any atom is 0.573 e. The predicted octanol–water partition coefficient (Wildman–Crippen LogP) is 7.97. The van der Waals surface area contributed by atoms with Crippen molar-refractivity contribution in [3.05, 3.63) is 72.7 Å². The number of hydrogen-bond acceptors (Lipinski definition) is 9. The van der Waals surface area contributed by atoms with Crippen LogP contribution in [-0.4, -0.2) is 80.3 Å². The fraction of sp³-hybridized carbons (Fsp3) is 0.429. The topological polar surface area (TPSA) is 169 Å². The van der Waals surface area contributed by atoms with Gasteiger partial charge in [0, 0.05) is 42.1 Å². The number of hydrogen-bond donors (Lipinski definition) is 4. The molecule has 1 saturated heterocycles. The van der Waals surface area contributed by atoms with Gasteiger partial charge >= 0.3 is 30.7 Å². The molecule has 4 aromatic rings. The van der Waals surface area contributed by atoms with Crippen LogP contribution in [0.25, 0.3) is 17.0 Å². The van der Waals surface area contributed by atoms with Gasteiger partial charge in [0.15, 0.2) is 5.76 Å². The van der Waals surface area contributed by atoms with Gasteiger partial charge in [0.05, 0.1) is 18.1 Å². The Kier molecular flexibility index (Phi) is 13.6. The van der Waals surface area contributed by atoms with Crippen molar-refractivity contribution in [1.29, 1.82) is 0 Å². The third kappa shape index (κ3) is 12.0. The second-order valence-corrected chi connectivity index (χ2v) is 13.0. The molecule has 1 saturated carbocycles. The van der Waals surface area contributed by atoms with Crippen molar-refractivity contribution in [3.63, 3.8) is 0 Å². The van der Waals surface area contributed by atoms with Gasteiger partial charge in [-0.25, -0.2) is 19.3 Å². The van der Waals surface area contributed by atoms with Gasteiger partial charge in [0.1, 0.15) is 5.75 Å². The number of piperidine rings is 1. The van der Waals surface area contributed by atoms with Crippen LogP contribution in [-0.2, 0) is 9.59 Å². The molecule has 2 aliphatic rings. The van der Waals surface area contributed by atoms with Gasteiger partial charge in [0.2, 0.25) is 0 Å². The minimum Gasteiger partial charge on any atom is -0.475 e. The van der Waals surface area contributed by atoms with Crippen LogP contribution in [0.5, 0.6) is 5.75 Å². The lowest BCUT2D eigenvalue weighted by atomic mass is 9.67. The van der Waals surface area contributed by atoms with E-state index in [0.29, 0.717) is 17.3 Å². The monoisotopic (exact) mass is 808 g/mol. The Morgan fingerprint density at radius 3 is 2.00 bits per heavy atom. The number of carbonyl (C=O) groups is 2. The SMILES string of the molecule is Cc1cnn(-c2ccc(N3CCC[C@H](C4(N)CCCCC4Nc4ncc(-c5ccc(OC(F)(F)F)cc5)o4)C3)cc2)c1.O=C(O)C(F)(F)F.O=C(O)C(F)(F)F. The highest BCUT2D eigenvalue weighted by Crippen LogP contribution is 2.40. The van der Waals surface area contributed by atoms with Crippen molar-refractivity contribution < 1.29 is 68.5 Å². The molecule has 2 fully saturated rings. The Morgan fingerprint density at radius 1 is 0.875 bits per heavy atom. The lowest BCUT2D eigenvalue weighted by molar-refractivity contribution is -0.274. The van der Waals surface area contributed by atoms with Gasteiger partial charge in [-0.05, 0) is 92.6 Å². The smallest absolute Gasteiger partial charge is 0.475 e. The normalized spacial score (nSPS) is 20.2. The van der Waals surface area contributed by atoms with Crippen molar-refractivity contribution in [3.8, 4) is 22.8 Å². The number of rotatable bonds is 7. The van der Waals surface area contributed by atoms with Gasteiger partial charge in [0.25, 0.3) is 6.01 Å². The van der Waals surface area contributed by atoms with Crippen LogP contribution in [0.3, 0.4) is 0 Å². The van der Waals surface area contributed by atoms with Crippen LogP contribution in [0, 0.1) is 12.8 Å². The second kappa shape index (κ2) is 17.5. The molecular weight excluding hydrogens is 771 g/mol. The number of aromatic nitrogens is 3. The van der Waals surface area contributed by atoms with E-state index in [4.69, 9.17) is 30.0 Å². The number of nitrogens with one attached hydrogen (secondary N) is 1. The van der Waals surface area contributed by atoms with Gasteiger partial charge in [-0.2, -0.15) is 31.4 Å². The molecule has 2 aromatic heterocycles. The van der Waals surface area contributed by atoms with E-state index in [2.05, 4.69) is 49.3 Å². The summed E-state index contributed by atoms with van der Waals surface area (Å²) >= 11 is 0. The van der Waals surface area contributed by atoms with Gasteiger partial charge in [-0.3, -0.25) is 0 Å². The minimum absolute atomic E-state index is 0.0179. The molecule has 21 heteroatoms. The van der Waals surface area contributed by atoms with Crippen LogP contribution in [0.1, 0.15) is 44.1 Å². The Bertz CT molecular complexity index is 1870. The van der Waals surface area contributed by atoms with Crippen molar-refractivity contribution >= 4 is 23.6 Å². The van der Waals surface area contributed by atoms with Crippen molar-refractivity contribution in [1.82, 2.24) is 14.8 Å². The van der Waals surface area contributed by atoms with E-state index >= 15 is 0 Å². The first-order valence-electron chi connectivity index (χ1n) is 16.9. The van der Waals surface area contributed by atoms with Crippen LogP contribution in [0.15, 0.2) is 71.5 Å². The molecule has 0 bridgehead atoms. The summed E-state index contributed by atoms with van der Waals surface area (Å²) < 4.78 is 113. The fourth-order valence-electron chi connectivity index (χ4n) is 6.38. The van der Waals surface area contributed by atoms with Gasteiger partial charge in [-0.1, -0.05) is 12.8 Å². The van der Waals surface area contributed by atoms with E-state index in [9.17, 15) is 39.5 Å². The molecule has 2 aromatic carbocycles. The summed E-state index contributed by atoms with van der Waals surface area (Å²) in [6, 6.07) is 14.4. The zero-order valence-electron chi connectivity index (χ0n) is 29.5. The molecule has 306 valence electrons. The van der Waals surface area contributed by atoms with E-state index in [-0.39, 0.29) is 17.7 Å². The summed E-state index contributed by atoms with van der Waals surface area (Å²) in [6.07, 6.45) is -3.39. The number of halogens is 9. The van der Waals surface area contributed by atoms with Crippen LogP contribution >= 0.6 is 0 Å². The van der Waals surface area contributed by atoms with Crippen LogP contribution in [0.2, 0.25) is 0 Å². The zero-order valence-corrected chi connectivity index (χ0v) is 29.5. The van der Waals surface area contributed by atoms with E-state index in [1.54, 1.807) is 6.20 Å². The number of nitrogens with two attached hydrogens (primary N) is 1. The fourth-order valence-corrected chi connectivity index (χ4v) is 6.38. The molecule has 12 nitrogen and oxygen atoms in total. The average molecular weight is 809 g/mol. The first kappa shape index (κ1) is 43.3. The van der Waals surface area contributed by atoms with E-state index in [0.717, 1.165) is 62.9 Å². The second-order valence-electron chi connectivity index (χ2n) is 13.0. The molecule has 0 radical (unpaired) electrons. The molecular formula is C35H37F9N6O6. The molecule has 1 aliphatic carbocycles. The molecule has 6 rings (SSSR count). The van der Waals surface area contributed by atoms with Crippen LogP contribution in [0.4, 0.5) is 51.2 Å². The molecule has 2 unspecified atom stereocenters. The van der Waals surface area contributed by atoms with Gasteiger partial charge in [-0.15, -0.1) is 13.2 Å². The number of anilines is 2. The predicted molar refractivity (Wildman–Crippen MR) is 182 cm³/mol. The quantitative estimate of drug-likeness (QED) is 0.134. The first-order valence-corrected chi connectivity index (χ1v) is 16.9. The number of ether oxygens (including phenoxy) is 1. The standard InChI is InChI=1S/C31H35F3N6O2.2C2HF3O2/c1-21-17-37-40(19-21)25-11-9-24(10-12-25)39-16-4-5-23(20-39)30(35)15-3-2-6-28(30)38-29-36-18-27(41-29)22-7-13-26(14-8-22)42-31(32,33)34;2*3-2(4,5)1(6)7/h7-14,17-19,23,28H,2-6,15-16,20,35H2,1H3,(H,36,38);2*(H,6,7)/t23-,28?,30?;;/m0../s1. The average Bonchev–Trinajstić information content (AvgIpc) is 3.78. The molecule has 3 heterocycles. The Balaban J connectivity index is 0.000000425. The highest BCUT2D eigenvalue weighted by atomic mass is 19.4. The van der Waals surface area contributed by atoms with Crippen molar-refractivity contribution in [2.24, 2.45) is 11.7 Å². The number of oxazole rings is 1. The number of aliphatic carboxylic acids is 2. The molecule has 0 spiro atoms. The number of benzene rings is 2. The Morgan fingerprint density at radius 2 is 1.46 bits per heavy atom. The third-order valence-corrected chi connectivity index (χ3v) is 9.03. The molecule has 5 N–H and O–H groups in total. The van der Waals surface area contributed by atoms with Crippen molar-refractivity contribution in [2.45, 2.75) is 75.7 Å². The molecule has 0 amide bonds. The van der Waals surface area contributed by atoms with E-state index in [1.807, 2.05) is 24.0 Å². The van der Waals surface area contributed by atoms with E-state index in [1.165, 1.54) is 30.0 Å². The molecule has 3 atom stereocenters. The molecule has 1 aliphatic heterocycles. The molecule has 56 heavy (non-hydrogen) atoms. The number of aryl methyl sites for hydroxylation is 1. The third-order valence-electron chi connectivity index (χ3n) is 9.03. The number of carboxylic acid groups (broad SMARTS) is 2. The maximum absolute atomic E-state index is 12.5. The number of carboxylic acids is 2. The largest absolute Gasteiger partial charge is 0.573 e. The lowest BCUT2D eigenvalue weighted by Gasteiger charge is -2.50. The first-order chi connectivity index (χ1) is 26.0. The summed E-state index contributed by atoms with van der Waals surface area (Å²) in [5.41, 5.74) is 10.8. The van der Waals surface area contributed by atoms with E-state index < -0.39 is 36.2 Å². The number of nitrogens with zero attached hydrogens (tertiary/aromatic N) is 4. The summed E-state index contributed by atoms with van der Waals surface area (Å²) in [5, 5.41) is 22.1. The Hall–Kier alpha value is -5.47. The van der Waals surface area contributed by atoms with Crippen molar-refractivity contribution in [2.75, 3.05) is 23.3 Å². The highest BCUT2D eigenvalue weighted by molar-refractivity contribution is 5.73. The Labute approximate surface area is 313 Å². The summed E-state index contributed by atoms with van der Waals surface area (Å²) in [7, 11) is 0.